The van der Waals surface area contributed by atoms with E-state index in [9.17, 15) is 33.6 Å². The highest BCUT2D eigenvalue weighted by Gasteiger charge is 2.34. The lowest BCUT2D eigenvalue weighted by Gasteiger charge is -2.26. The second kappa shape index (κ2) is 49.3. The Morgan fingerprint density at radius 2 is 0.750 bits per heavy atom. The van der Waals surface area contributed by atoms with Crippen molar-refractivity contribution in [1.29, 1.82) is 0 Å². The normalized spacial score (nSPS) is 19.5. The molecule has 0 saturated heterocycles. The van der Waals surface area contributed by atoms with Crippen LogP contribution in [0, 0.1) is 17.3 Å². The van der Waals surface area contributed by atoms with Gasteiger partial charge < -0.3 is 87.8 Å². The molecule has 7 fully saturated rings. The highest BCUT2D eigenvalue weighted by atomic mass is 16.6. The Labute approximate surface area is 645 Å². The Kier molecular flexibility index (Phi) is 43.1. The van der Waals surface area contributed by atoms with E-state index < -0.39 is 36.3 Å². The number of aromatic amines is 1. The van der Waals surface area contributed by atoms with Crippen LogP contribution in [-0.2, 0) is 82.6 Å². The van der Waals surface area contributed by atoms with Crippen LogP contribution >= 0.6 is 0 Å². The van der Waals surface area contributed by atoms with Crippen molar-refractivity contribution in [2.24, 2.45) is 57.4 Å². The van der Waals surface area contributed by atoms with Gasteiger partial charge in [0.2, 0.25) is 0 Å². The molecule has 3 aromatic rings. The Morgan fingerprint density at radius 1 is 0.407 bits per heavy atom. The van der Waals surface area contributed by atoms with Gasteiger partial charge in [-0.1, -0.05) is 102 Å². The summed E-state index contributed by atoms with van der Waals surface area (Å²) in [5.74, 6) is -1.17. The summed E-state index contributed by atoms with van der Waals surface area (Å²) in [5, 5.41) is 1.10. The van der Waals surface area contributed by atoms with E-state index in [1.807, 2.05) is 123 Å². The van der Waals surface area contributed by atoms with Gasteiger partial charge in [0.15, 0.2) is 0 Å². The van der Waals surface area contributed by atoms with Crippen LogP contribution in [0.5, 0.6) is 0 Å². The van der Waals surface area contributed by atoms with Gasteiger partial charge >= 0.3 is 41.8 Å². The fourth-order valence-corrected chi connectivity index (χ4v) is 13.5. The molecule has 7 saturated carbocycles. The zero-order chi connectivity index (χ0) is 80.0. The van der Waals surface area contributed by atoms with Crippen LogP contribution in [-0.4, -0.2) is 151 Å². The Bertz CT molecular complexity index is 2980. The third-order valence-electron chi connectivity index (χ3n) is 20.2. The largest absolute Gasteiger partial charge is 0.468 e. The van der Waals surface area contributed by atoms with Gasteiger partial charge in [-0.25, -0.2) is 4.79 Å². The van der Waals surface area contributed by atoms with Gasteiger partial charge in [0.25, 0.3) is 0 Å². The number of esters is 7. The molecule has 0 aliphatic heterocycles. The van der Waals surface area contributed by atoms with Gasteiger partial charge in [0.1, 0.15) is 78.9 Å². The highest BCUT2D eigenvalue weighted by Crippen LogP contribution is 2.30. The Hall–Kier alpha value is -6.09. The van der Waals surface area contributed by atoms with Gasteiger partial charge in [-0.3, -0.25) is 28.8 Å². The van der Waals surface area contributed by atoms with Gasteiger partial charge in [0.05, 0.1) is 31.5 Å². The van der Waals surface area contributed by atoms with E-state index in [2.05, 4.69) is 23.6 Å². The molecule has 108 heavy (non-hydrogen) atoms. The first-order valence-electron chi connectivity index (χ1n) is 40.5. The molecule has 614 valence electrons. The first kappa shape index (κ1) is 94.3. The third kappa shape index (κ3) is 38.2. The quantitative estimate of drug-likeness (QED) is 0.0323. The lowest BCUT2D eigenvalue weighted by Crippen LogP contribution is -2.44. The SMILES string of the molecule is CC(C)(C)OC[C@@H](N)C(=O)OC1CCCC1.CC(C)(C)OC[C@H](N)C(=O)OC1CCCC1.CC(C)(C)[C@H](N)C(=O)OC1CCCC1.CC(C)C[C@@H](N)C(=O)OC1CCCC1.COC(=O)[C@@H](N)Cc1c[nH]c2ccccc12.N[C@@H](C(=O)OC1CCCC1)C1CCCCC1.N[C@@H](C(=O)OC1CCCC1)c1ccccc1. The number of methoxy groups -OCH3 is 1. The number of nitrogens with one attached hydrogen (secondary N) is 1. The van der Waals surface area contributed by atoms with Gasteiger partial charge in [-0.05, 0) is 249 Å². The van der Waals surface area contributed by atoms with Crippen LogP contribution in [0.4, 0.5) is 0 Å². The first-order valence-corrected chi connectivity index (χ1v) is 40.5. The Balaban J connectivity index is 0.000000266. The van der Waals surface area contributed by atoms with E-state index >= 15 is 0 Å². The average Bonchev–Trinajstić information content (AvgIpc) is 1.41. The van der Waals surface area contributed by atoms with Crippen molar-refractivity contribution in [3.8, 4) is 0 Å². The fraction of sp³-hybridized carbons (Fsp3) is 0.750. The molecule has 0 bridgehead atoms. The number of rotatable bonds is 23. The third-order valence-corrected chi connectivity index (χ3v) is 20.2. The summed E-state index contributed by atoms with van der Waals surface area (Å²) in [6.07, 6.45) is 35.6. The lowest BCUT2D eigenvalue weighted by molar-refractivity contribution is -0.154. The minimum absolute atomic E-state index is 0.0770. The van der Waals surface area contributed by atoms with E-state index in [4.69, 9.17) is 78.0 Å². The van der Waals surface area contributed by atoms with Gasteiger partial charge in [0, 0.05) is 23.5 Å². The molecule has 7 atom stereocenters. The number of H-pyrrole nitrogens is 1. The average molecular weight is 1520 g/mol. The van der Waals surface area contributed by atoms with E-state index in [0.29, 0.717) is 24.7 Å². The number of fused-ring (bicyclic) bond motifs is 1. The van der Waals surface area contributed by atoms with Crippen molar-refractivity contribution in [2.45, 2.75) is 365 Å². The molecule has 10 rings (SSSR count). The summed E-state index contributed by atoms with van der Waals surface area (Å²) in [6.45, 7) is 22.0. The minimum atomic E-state index is -0.667. The zero-order valence-corrected chi connectivity index (χ0v) is 67.8. The number of aromatic nitrogens is 1. The number of carbonyl (C=O) groups is 7. The van der Waals surface area contributed by atoms with Crippen molar-refractivity contribution < 1.29 is 76.2 Å². The summed E-state index contributed by atoms with van der Waals surface area (Å²) in [6, 6.07) is 13.3. The van der Waals surface area contributed by atoms with Crippen molar-refractivity contribution in [3.63, 3.8) is 0 Å². The molecule has 1 aromatic heterocycles. The van der Waals surface area contributed by atoms with Gasteiger partial charge in [-0.2, -0.15) is 0 Å². The van der Waals surface area contributed by atoms with E-state index in [0.717, 1.165) is 150 Å². The number of para-hydroxylation sites is 1. The maximum Gasteiger partial charge on any atom is 0.327 e. The first-order chi connectivity index (χ1) is 51.0. The van der Waals surface area contributed by atoms with E-state index in [1.54, 1.807) is 0 Å². The number of hydrogen-bond donors (Lipinski definition) is 8. The van der Waals surface area contributed by atoms with E-state index in [-0.39, 0.29) is 114 Å². The molecule has 0 unspecified atom stereocenters. The molecule has 24 heteroatoms. The monoisotopic (exact) mass is 1520 g/mol. The second-order valence-corrected chi connectivity index (χ2v) is 33.7. The number of nitrogens with two attached hydrogens (primary N) is 7. The summed E-state index contributed by atoms with van der Waals surface area (Å²) >= 11 is 0. The van der Waals surface area contributed by atoms with Crippen LogP contribution in [0.15, 0.2) is 60.8 Å². The molecule has 2 aromatic carbocycles. The van der Waals surface area contributed by atoms with Crippen LogP contribution in [0.2, 0.25) is 0 Å². The zero-order valence-electron chi connectivity index (χ0n) is 67.8. The highest BCUT2D eigenvalue weighted by molar-refractivity contribution is 5.85. The molecular formula is C84H142N8O16. The molecule has 15 N–H and O–H groups in total. The van der Waals surface area contributed by atoms with Crippen LogP contribution < -0.4 is 40.1 Å². The van der Waals surface area contributed by atoms with E-state index in [1.165, 1.54) is 64.9 Å². The summed E-state index contributed by atoms with van der Waals surface area (Å²) < 4.78 is 47.6. The maximum atomic E-state index is 11.9. The molecule has 0 spiro atoms. The number of benzene rings is 2. The molecule has 7 aliphatic rings. The minimum Gasteiger partial charge on any atom is -0.468 e. The Morgan fingerprint density at radius 3 is 1.12 bits per heavy atom. The fourth-order valence-electron chi connectivity index (χ4n) is 13.5. The standard InChI is InChI=1S/C13H23NO2.C13H17NO2.C12H14N2O2.2C12H23NO3.2C11H21NO2/c2*14-12(10-6-2-1-3-7-10)13(15)16-11-8-4-5-9-11;1-16-12(15)10(13)6-8-7-14-11-5-3-2-4-9(8)11;2*1-12(2,3)15-8-10(13)11(14)16-9-6-4-5-7-9;1-11(2,3)9(12)10(13)14-8-6-4-5-7-8;1-8(2)7-10(12)11(13)14-9-5-3-4-6-9/h10-12H,1-9,14H2;1-3,6-7,11-12H,4-5,8-9,14H2;2-5,7,10,14H,6,13H2,1H3;2*9-10H,4-8,13H2,1-3H3;8-9H,4-7,12H2,1-3H3;8-10H,3-7,12H2,1-2H3/t2*12-;3*10-;9-;10-/m1101011/s1. The summed E-state index contributed by atoms with van der Waals surface area (Å²) in [5.41, 5.74) is 42.6. The number of hydrogen-bond acceptors (Lipinski definition) is 23. The maximum absolute atomic E-state index is 11.9. The van der Waals surface area contributed by atoms with Crippen LogP contribution in [0.3, 0.4) is 0 Å². The number of carbonyl (C=O) groups excluding carboxylic acids is 7. The molecule has 7 aliphatic carbocycles. The molecule has 0 radical (unpaired) electrons. The predicted octanol–water partition coefficient (Wildman–Crippen LogP) is 12.7. The second-order valence-electron chi connectivity index (χ2n) is 33.7. The summed E-state index contributed by atoms with van der Waals surface area (Å²) in [7, 11) is 1.34. The van der Waals surface area contributed by atoms with Crippen molar-refractivity contribution in [2.75, 3.05) is 20.3 Å². The molecule has 24 nitrogen and oxygen atoms in total. The number of ether oxygens (including phenoxy) is 9. The lowest BCUT2D eigenvalue weighted by atomic mass is 9.84. The smallest absolute Gasteiger partial charge is 0.327 e. The topological polar surface area (TPSA) is 400 Å². The van der Waals surface area contributed by atoms with Crippen LogP contribution in [0.25, 0.3) is 10.9 Å². The predicted molar refractivity (Wildman–Crippen MR) is 422 cm³/mol. The van der Waals surface area contributed by atoms with Crippen molar-refractivity contribution >= 4 is 52.7 Å². The molecule has 1 heterocycles. The molecule has 0 amide bonds. The van der Waals surface area contributed by atoms with Crippen molar-refractivity contribution in [3.05, 3.63) is 71.9 Å². The van der Waals surface area contributed by atoms with Crippen LogP contribution in [0.1, 0.15) is 286 Å². The molecular weight excluding hydrogens is 1380 g/mol. The summed E-state index contributed by atoms with van der Waals surface area (Å²) in [4.78, 5) is 84.2. The van der Waals surface area contributed by atoms with Gasteiger partial charge in [-0.15, -0.1) is 0 Å². The van der Waals surface area contributed by atoms with Crippen molar-refractivity contribution in [1.82, 2.24) is 4.98 Å².